The van der Waals surface area contributed by atoms with Gasteiger partial charge < -0.3 is 0 Å². The second-order valence-electron chi connectivity index (χ2n) is 1.41. The Morgan fingerprint density at radius 3 is 2.00 bits per heavy atom. The summed E-state index contributed by atoms with van der Waals surface area (Å²) in [5.41, 5.74) is 1.05. The van der Waals surface area contributed by atoms with Crippen LogP contribution in [0.5, 0.6) is 0 Å². The molecule has 0 spiro atoms. The summed E-state index contributed by atoms with van der Waals surface area (Å²) >= 11 is 4.97. The fraction of sp³-hybridized carbons (Fsp3) is 0.600. The lowest BCUT2D eigenvalue weighted by atomic mass is 10.4. The summed E-state index contributed by atoms with van der Waals surface area (Å²) in [5, 5.41) is 3.78. The molecule has 1 aromatic heterocycles. The molecular weight excluding hydrogens is 152 g/mol. The topological polar surface area (TPSA) is 25.8 Å². The molecule has 52 valence electrons. The highest BCUT2D eigenvalue weighted by Gasteiger charge is 1.91. The van der Waals surface area contributed by atoms with Crippen molar-refractivity contribution >= 4 is 24.2 Å². The first-order valence-corrected chi connectivity index (χ1v) is 4.18. The molecule has 0 saturated heterocycles. The molecule has 4 heteroatoms. The van der Waals surface area contributed by atoms with Gasteiger partial charge in [0, 0.05) is 4.88 Å². The number of nitrogens with zero attached hydrogens (tertiary/aromatic N) is 2. The quantitative estimate of drug-likeness (QED) is 0.588. The molecule has 0 aromatic carbocycles. The molecular formula is C5H10N2S2. The highest BCUT2D eigenvalue weighted by molar-refractivity contribution is 7.79. The van der Waals surface area contributed by atoms with E-state index in [1.165, 1.54) is 16.4 Å². The molecule has 0 saturated carbocycles. The smallest absolute Gasteiger partial charge is 0.0753 e. The Bertz CT molecular complexity index is 145. The van der Waals surface area contributed by atoms with E-state index in [2.05, 4.69) is 22.2 Å². The Kier molecular flexibility index (Phi) is 4.71. The van der Waals surface area contributed by atoms with E-state index in [-0.39, 0.29) is 0 Å². The number of hydrogen-bond donors (Lipinski definition) is 1. The highest BCUT2D eigenvalue weighted by atomic mass is 32.1. The van der Waals surface area contributed by atoms with Crippen LogP contribution >= 0.6 is 24.2 Å². The average molecular weight is 162 g/mol. The van der Waals surface area contributed by atoms with E-state index in [1.54, 1.807) is 6.26 Å². The first kappa shape index (κ1) is 8.91. The largest absolute Gasteiger partial charge is 0.183 e. The third-order valence-corrected chi connectivity index (χ3v) is 1.61. The summed E-state index contributed by atoms with van der Waals surface area (Å²) in [6.45, 7) is 3.97. The zero-order chi connectivity index (χ0) is 7.28. The van der Waals surface area contributed by atoms with Gasteiger partial charge in [0.2, 0.25) is 0 Å². The zero-order valence-corrected chi connectivity index (χ0v) is 7.46. The van der Waals surface area contributed by atoms with Crippen molar-refractivity contribution in [3.8, 4) is 0 Å². The Balaban J connectivity index is 0.000000291. The van der Waals surface area contributed by atoms with Gasteiger partial charge in [-0.15, -0.1) is 5.10 Å². The van der Waals surface area contributed by atoms with E-state index in [4.69, 9.17) is 0 Å². The van der Waals surface area contributed by atoms with Crippen molar-refractivity contribution in [1.82, 2.24) is 9.59 Å². The maximum Gasteiger partial charge on any atom is 0.0753 e. The summed E-state index contributed by atoms with van der Waals surface area (Å²) in [4.78, 5) is 1.21. The van der Waals surface area contributed by atoms with Gasteiger partial charge in [-0.25, -0.2) is 0 Å². The molecule has 0 aliphatic rings. The van der Waals surface area contributed by atoms with E-state index in [1.807, 2.05) is 13.8 Å². The number of hydrogen-bond acceptors (Lipinski definition) is 4. The molecule has 0 N–H and O–H groups in total. The SMILES string of the molecule is CS.Cc1nnsc1C. The van der Waals surface area contributed by atoms with Crippen LogP contribution in [-0.4, -0.2) is 15.8 Å². The average Bonchev–Trinajstić information content (AvgIpc) is 2.23. The van der Waals surface area contributed by atoms with Gasteiger partial charge in [0.25, 0.3) is 0 Å². The van der Waals surface area contributed by atoms with Crippen molar-refractivity contribution in [2.75, 3.05) is 6.26 Å². The van der Waals surface area contributed by atoms with Crippen LogP contribution in [0.2, 0.25) is 0 Å². The second-order valence-corrected chi connectivity index (χ2v) is 2.37. The number of thiol groups is 1. The summed E-state index contributed by atoms with van der Waals surface area (Å²) in [5.74, 6) is 0. The summed E-state index contributed by atoms with van der Waals surface area (Å²) < 4.78 is 3.71. The minimum absolute atomic E-state index is 1.05. The lowest BCUT2D eigenvalue weighted by Gasteiger charge is -1.74. The molecule has 0 radical (unpaired) electrons. The van der Waals surface area contributed by atoms with E-state index >= 15 is 0 Å². The van der Waals surface area contributed by atoms with Gasteiger partial charge in [-0.3, -0.25) is 0 Å². The fourth-order valence-corrected chi connectivity index (χ4v) is 0.738. The Hall–Kier alpha value is -0.0900. The Labute approximate surface area is 64.9 Å². The second kappa shape index (κ2) is 4.76. The number of aryl methyl sites for hydroxylation is 2. The van der Waals surface area contributed by atoms with Crippen LogP contribution in [-0.2, 0) is 0 Å². The molecule has 0 atom stereocenters. The van der Waals surface area contributed by atoms with Crippen LogP contribution in [0.4, 0.5) is 0 Å². The first-order chi connectivity index (χ1) is 4.30. The molecule has 2 nitrogen and oxygen atoms in total. The molecule has 1 rings (SSSR count). The molecule has 0 fully saturated rings. The highest BCUT2D eigenvalue weighted by Crippen LogP contribution is 2.04. The van der Waals surface area contributed by atoms with Crippen molar-refractivity contribution in [3.05, 3.63) is 10.6 Å². The maximum absolute atomic E-state index is 3.78. The minimum atomic E-state index is 1.05. The molecule has 1 aromatic rings. The van der Waals surface area contributed by atoms with E-state index in [9.17, 15) is 0 Å². The van der Waals surface area contributed by atoms with Crippen LogP contribution in [0.1, 0.15) is 10.6 Å². The molecule has 0 unspecified atom stereocenters. The zero-order valence-electron chi connectivity index (χ0n) is 5.75. The third-order valence-electron chi connectivity index (χ3n) is 0.878. The van der Waals surface area contributed by atoms with Crippen molar-refractivity contribution in [2.24, 2.45) is 0 Å². The van der Waals surface area contributed by atoms with Gasteiger partial charge in [-0.05, 0) is 31.6 Å². The van der Waals surface area contributed by atoms with Crippen molar-refractivity contribution in [2.45, 2.75) is 13.8 Å². The van der Waals surface area contributed by atoms with E-state index < -0.39 is 0 Å². The molecule has 9 heavy (non-hydrogen) atoms. The van der Waals surface area contributed by atoms with Crippen LogP contribution in [0.3, 0.4) is 0 Å². The molecule has 0 amide bonds. The van der Waals surface area contributed by atoms with Gasteiger partial charge in [0.05, 0.1) is 5.69 Å². The maximum atomic E-state index is 3.78. The van der Waals surface area contributed by atoms with Crippen molar-refractivity contribution < 1.29 is 0 Å². The van der Waals surface area contributed by atoms with Crippen molar-refractivity contribution in [1.29, 1.82) is 0 Å². The standard InChI is InChI=1S/C4H6N2S.CH4S/c1-3-4(2)7-6-5-3;1-2/h1-2H3;2H,1H3. The van der Waals surface area contributed by atoms with Crippen LogP contribution in [0.25, 0.3) is 0 Å². The predicted octanol–water partition coefficient (Wildman–Crippen LogP) is 1.70. The van der Waals surface area contributed by atoms with Gasteiger partial charge in [0.1, 0.15) is 0 Å². The summed E-state index contributed by atoms with van der Waals surface area (Å²) in [6.07, 6.45) is 1.69. The number of aromatic nitrogens is 2. The fourth-order valence-electron chi connectivity index (χ4n) is 0.279. The summed E-state index contributed by atoms with van der Waals surface area (Å²) in [7, 11) is 0. The molecule has 0 aliphatic heterocycles. The molecule has 0 aliphatic carbocycles. The summed E-state index contributed by atoms with van der Waals surface area (Å²) in [6, 6.07) is 0. The van der Waals surface area contributed by atoms with Gasteiger partial charge in [-0.1, -0.05) is 4.49 Å². The third kappa shape index (κ3) is 2.81. The monoisotopic (exact) mass is 162 g/mol. The predicted molar refractivity (Wildman–Crippen MR) is 44.3 cm³/mol. The van der Waals surface area contributed by atoms with Gasteiger partial charge >= 0.3 is 0 Å². The van der Waals surface area contributed by atoms with Gasteiger partial charge in [-0.2, -0.15) is 12.6 Å². The molecule has 0 bridgehead atoms. The van der Waals surface area contributed by atoms with Crippen molar-refractivity contribution in [3.63, 3.8) is 0 Å². The normalized spacial score (nSPS) is 8.00. The Morgan fingerprint density at radius 2 is 1.89 bits per heavy atom. The molecule has 1 heterocycles. The first-order valence-electron chi connectivity index (χ1n) is 2.51. The van der Waals surface area contributed by atoms with Crippen LogP contribution in [0, 0.1) is 13.8 Å². The van der Waals surface area contributed by atoms with E-state index in [0.717, 1.165) is 5.69 Å². The van der Waals surface area contributed by atoms with Crippen LogP contribution in [0.15, 0.2) is 0 Å². The van der Waals surface area contributed by atoms with Crippen LogP contribution < -0.4 is 0 Å². The lowest BCUT2D eigenvalue weighted by molar-refractivity contribution is 1.08. The Morgan fingerprint density at radius 1 is 1.33 bits per heavy atom. The van der Waals surface area contributed by atoms with E-state index in [0.29, 0.717) is 0 Å². The van der Waals surface area contributed by atoms with Gasteiger partial charge in [0.15, 0.2) is 0 Å². The lowest BCUT2D eigenvalue weighted by Crippen LogP contribution is -1.70. The number of rotatable bonds is 0. The minimum Gasteiger partial charge on any atom is -0.183 e.